The van der Waals surface area contributed by atoms with Crippen LogP contribution in [0.2, 0.25) is 5.02 Å². The monoisotopic (exact) mass is 277 g/mol. The van der Waals surface area contributed by atoms with Gasteiger partial charge in [0.1, 0.15) is 5.75 Å². The molecular formula is C15H16ClNO2. The third-order valence-electron chi connectivity index (χ3n) is 3.27. The van der Waals surface area contributed by atoms with E-state index < -0.39 is 0 Å². The standard InChI is InChI=1S/C15H16ClNO2/c1-10-8-12(11(2)17(10)3)14(18)9-19-15-7-5-4-6-13(15)16/h4-8H,9H2,1-3H3. The third kappa shape index (κ3) is 2.82. The number of aryl methyl sites for hydroxylation is 1. The number of nitrogens with zero attached hydrogens (tertiary/aromatic N) is 1. The van der Waals surface area contributed by atoms with Gasteiger partial charge in [-0.3, -0.25) is 4.79 Å². The van der Waals surface area contributed by atoms with E-state index in [0.29, 0.717) is 16.3 Å². The minimum Gasteiger partial charge on any atom is -0.484 e. The van der Waals surface area contributed by atoms with E-state index in [-0.39, 0.29) is 12.4 Å². The summed E-state index contributed by atoms with van der Waals surface area (Å²) in [6, 6.07) is 9.01. The molecule has 0 aliphatic carbocycles. The predicted octanol–water partition coefficient (Wildman–Crippen LogP) is 3.56. The summed E-state index contributed by atoms with van der Waals surface area (Å²) in [5.74, 6) is 0.490. The first-order valence-corrected chi connectivity index (χ1v) is 6.42. The second kappa shape index (κ2) is 5.49. The molecule has 2 aromatic rings. The number of Topliss-reactive ketones (excluding diaryl/α,β-unsaturated/α-hetero) is 1. The van der Waals surface area contributed by atoms with Crippen molar-refractivity contribution in [2.45, 2.75) is 13.8 Å². The molecule has 100 valence electrons. The van der Waals surface area contributed by atoms with Gasteiger partial charge in [-0.1, -0.05) is 23.7 Å². The van der Waals surface area contributed by atoms with Crippen LogP contribution in [-0.2, 0) is 7.05 Å². The summed E-state index contributed by atoms with van der Waals surface area (Å²) >= 11 is 5.97. The van der Waals surface area contributed by atoms with Crippen molar-refractivity contribution in [3.63, 3.8) is 0 Å². The molecule has 19 heavy (non-hydrogen) atoms. The maximum atomic E-state index is 12.1. The van der Waals surface area contributed by atoms with Crippen LogP contribution in [0, 0.1) is 13.8 Å². The summed E-state index contributed by atoms with van der Waals surface area (Å²) < 4.78 is 7.46. The minimum absolute atomic E-state index is 0.00593. The van der Waals surface area contributed by atoms with Gasteiger partial charge in [0.2, 0.25) is 5.78 Å². The van der Waals surface area contributed by atoms with Gasteiger partial charge in [0.05, 0.1) is 5.02 Å². The first kappa shape index (κ1) is 13.7. The number of rotatable bonds is 4. The number of ether oxygens (including phenoxy) is 1. The van der Waals surface area contributed by atoms with E-state index in [0.717, 1.165) is 11.4 Å². The summed E-state index contributed by atoms with van der Waals surface area (Å²) in [6.07, 6.45) is 0. The van der Waals surface area contributed by atoms with Crippen LogP contribution in [-0.4, -0.2) is 17.0 Å². The fraction of sp³-hybridized carbons (Fsp3) is 0.267. The molecule has 0 atom stereocenters. The smallest absolute Gasteiger partial charge is 0.202 e. The lowest BCUT2D eigenvalue weighted by molar-refractivity contribution is 0.0921. The Hall–Kier alpha value is -1.74. The summed E-state index contributed by atoms with van der Waals surface area (Å²) in [6.45, 7) is 3.89. The summed E-state index contributed by atoms with van der Waals surface area (Å²) in [5.41, 5.74) is 2.70. The predicted molar refractivity (Wildman–Crippen MR) is 76.2 cm³/mol. The van der Waals surface area contributed by atoms with Gasteiger partial charge >= 0.3 is 0 Å². The van der Waals surface area contributed by atoms with E-state index in [1.54, 1.807) is 12.1 Å². The molecule has 0 radical (unpaired) electrons. The van der Waals surface area contributed by atoms with Crippen LogP contribution in [0.1, 0.15) is 21.7 Å². The van der Waals surface area contributed by atoms with Crippen molar-refractivity contribution < 1.29 is 9.53 Å². The van der Waals surface area contributed by atoms with Crippen LogP contribution in [0.5, 0.6) is 5.75 Å². The lowest BCUT2D eigenvalue weighted by Gasteiger charge is -2.07. The number of hydrogen-bond donors (Lipinski definition) is 0. The molecule has 0 saturated heterocycles. The number of carbonyl (C=O) groups is 1. The van der Waals surface area contributed by atoms with E-state index in [1.807, 2.05) is 43.7 Å². The van der Waals surface area contributed by atoms with E-state index in [4.69, 9.17) is 16.3 Å². The van der Waals surface area contributed by atoms with Crippen molar-refractivity contribution in [1.29, 1.82) is 0 Å². The van der Waals surface area contributed by atoms with Gasteiger partial charge in [0.25, 0.3) is 0 Å². The van der Waals surface area contributed by atoms with Crippen molar-refractivity contribution in [3.05, 3.63) is 52.3 Å². The molecule has 0 aliphatic rings. The second-order valence-corrected chi connectivity index (χ2v) is 4.89. The van der Waals surface area contributed by atoms with E-state index in [1.165, 1.54) is 0 Å². The molecule has 4 heteroatoms. The third-order valence-corrected chi connectivity index (χ3v) is 3.58. The summed E-state index contributed by atoms with van der Waals surface area (Å²) in [4.78, 5) is 12.1. The highest BCUT2D eigenvalue weighted by molar-refractivity contribution is 6.32. The minimum atomic E-state index is -0.0406. The number of benzene rings is 1. The maximum absolute atomic E-state index is 12.1. The number of halogens is 1. The first-order valence-electron chi connectivity index (χ1n) is 6.04. The average molecular weight is 278 g/mol. The zero-order chi connectivity index (χ0) is 14.0. The maximum Gasteiger partial charge on any atom is 0.202 e. The second-order valence-electron chi connectivity index (χ2n) is 4.49. The van der Waals surface area contributed by atoms with Crippen molar-refractivity contribution in [3.8, 4) is 5.75 Å². The molecule has 0 amide bonds. The highest BCUT2D eigenvalue weighted by Crippen LogP contribution is 2.23. The van der Waals surface area contributed by atoms with E-state index in [9.17, 15) is 4.79 Å². The Morgan fingerprint density at radius 2 is 2.00 bits per heavy atom. The van der Waals surface area contributed by atoms with Crippen LogP contribution >= 0.6 is 11.6 Å². The van der Waals surface area contributed by atoms with Gasteiger partial charge in [0.15, 0.2) is 6.61 Å². The van der Waals surface area contributed by atoms with Crippen molar-refractivity contribution in [2.24, 2.45) is 7.05 Å². The van der Waals surface area contributed by atoms with Crippen LogP contribution in [0.15, 0.2) is 30.3 Å². The van der Waals surface area contributed by atoms with Gasteiger partial charge in [0, 0.05) is 24.0 Å². The molecule has 0 bridgehead atoms. The highest BCUT2D eigenvalue weighted by Gasteiger charge is 2.15. The Morgan fingerprint density at radius 1 is 1.32 bits per heavy atom. The number of hydrogen-bond acceptors (Lipinski definition) is 2. The van der Waals surface area contributed by atoms with Crippen LogP contribution < -0.4 is 4.74 Å². The molecule has 0 unspecified atom stereocenters. The largest absolute Gasteiger partial charge is 0.484 e. The van der Waals surface area contributed by atoms with Gasteiger partial charge < -0.3 is 9.30 Å². The molecule has 1 heterocycles. The fourth-order valence-corrected chi connectivity index (χ4v) is 2.11. The van der Waals surface area contributed by atoms with Crippen molar-refractivity contribution >= 4 is 17.4 Å². The molecule has 0 spiro atoms. The molecule has 0 N–H and O–H groups in total. The van der Waals surface area contributed by atoms with Gasteiger partial charge in [-0.05, 0) is 32.0 Å². The van der Waals surface area contributed by atoms with Gasteiger partial charge in [-0.25, -0.2) is 0 Å². The Bertz CT molecular complexity index is 617. The van der Waals surface area contributed by atoms with Crippen molar-refractivity contribution in [1.82, 2.24) is 4.57 Å². The topological polar surface area (TPSA) is 31.2 Å². The molecular weight excluding hydrogens is 262 g/mol. The van der Waals surface area contributed by atoms with Crippen molar-refractivity contribution in [2.75, 3.05) is 6.61 Å². The molecule has 0 aliphatic heterocycles. The zero-order valence-electron chi connectivity index (χ0n) is 11.2. The Labute approximate surface area is 117 Å². The lowest BCUT2D eigenvalue weighted by atomic mass is 10.1. The van der Waals surface area contributed by atoms with Crippen LogP contribution in [0.3, 0.4) is 0 Å². The van der Waals surface area contributed by atoms with Gasteiger partial charge in [-0.15, -0.1) is 0 Å². The van der Waals surface area contributed by atoms with Crippen LogP contribution in [0.25, 0.3) is 0 Å². The SMILES string of the molecule is Cc1cc(C(=O)COc2ccccc2Cl)c(C)n1C. The normalized spacial score (nSPS) is 10.5. The summed E-state index contributed by atoms with van der Waals surface area (Å²) in [5, 5.41) is 0.510. The number of ketones is 1. The molecule has 3 nitrogen and oxygen atoms in total. The molecule has 2 rings (SSSR count). The van der Waals surface area contributed by atoms with Gasteiger partial charge in [-0.2, -0.15) is 0 Å². The first-order chi connectivity index (χ1) is 9.00. The Morgan fingerprint density at radius 3 is 2.58 bits per heavy atom. The average Bonchev–Trinajstić information content (AvgIpc) is 2.65. The van der Waals surface area contributed by atoms with Crippen LogP contribution in [0.4, 0.5) is 0 Å². The van der Waals surface area contributed by atoms with E-state index in [2.05, 4.69) is 0 Å². The number of carbonyl (C=O) groups excluding carboxylic acids is 1. The van der Waals surface area contributed by atoms with E-state index >= 15 is 0 Å². The molecule has 1 aromatic heterocycles. The zero-order valence-corrected chi connectivity index (χ0v) is 12.0. The highest BCUT2D eigenvalue weighted by atomic mass is 35.5. The lowest BCUT2D eigenvalue weighted by Crippen LogP contribution is -2.12. The Kier molecular flexibility index (Phi) is 3.96. The Balaban J connectivity index is 2.10. The number of para-hydroxylation sites is 1. The fourth-order valence-electron chi connectivity index (χ4n) is 1.92. The molecule has 1 aromatic carbocycles. The molecule has 0 fully saturated rings. The number of aromatic nitrogens is 1. The molecule has 0 saturated carbocycles. The summed E-state index contributed by atoms with van der Waals surface area (Å²) in [7, 11) is 1.94. The quantitative estimate of drug-likeness (QED) is 0.800.